The topological polar surface area (TPSA) is 78.9 Å². The lowest BCUT2D eigenvalue weighted by molar-refractivity contribution is -0.139. The minimum atomic E-state index is -3.44. The number of aryl methyl sites for hydroxylation is 1. The zero-order valence-corrected chi connectivity index (χ0v) is 16.0. The van der Waals surface area contributed by atoms with Crippen LogP contribution in [-0.4, -0.2) is 45.7 Å². The average molecular weight is 376 g/mol. The number of hydrogen-bond donors (Lipinski definition) is 0. The summed E-state index contributed by atoms with van der Waals surface area (Å²) in [6.07, 6.45) is 1.06. The van der Waals surface area contributed by atoms with Crippen LogP contribution in [0.3, 0.4) is 0 Å². The van der Waals surface area contributed by atoms with Gasteiger partial charge in [-0.25, -0.2) is 0 Å². The predicted octanol–water partition coefficient (Wildman–Crippen LogP) is 2.78. The number of hydrogen-bond acceptors (Lipinski definition) is 7. The normalized spacial score (nSPS) is 12.7. The second kappa shape index (κ2) is 9.90. The Balaban J connectivity index is 2.45. The van der Waals surface area contributed by atoms with E-state index in [2.05, 4.69) is 0 Å². The van der Waals surface area contributed by atoms with Crippen molar-refractivity contribution in [2.24, 2.45) is 0 Å². The van der Waals surface area contributed by atoms with Crippen molar-refractivity contribution >= 4 is 27.8 Å². The summed E-state index contributed by atoms with van der Waals surface area (Å²) in [5, 5.41) is 0. The van der Waals surface area contributed by atoms with Crippen molar-refractivity contribution in [2.75, 3.05) is 25.2 Å². The molecule has 1 atom stereocenters. The van der Waals surface area contributed by atoms with Gasteiger partial charge in [0, 0.05) is 11.3 Å². The van der Waals surface area contributed by atoms with Gasteiger partial charge in [-0.2, -0.15) is 8.42 Å². The van der Waals surface area contributed by atoms with Gasteiger partial charge in [-0.1, -0.05) is 0 Å². The summed E-state index contributed by atoms with van der Waals surface area (Å²) in [6.45, 7) is 6.14. The largest absolute Gasteiger partial charge is 0.493 e. The summed E-state index contributed by atoms with van der Waals surface area (Å²) in [5.41, 5.74) is 1.00. The standard InChI is InChI=1S/C16H24O6S2/c1-5-20-16(17)11-23-15-7-6-14(10-12(15)2)21-9-8-13(3)22-24(4,18)19/h6-7,10,13H,5,8-9,11H2,1-4H3/t13-/m1/s1. The van der Waals surface area contributed by atoms with Gasteiger partial charge in [-0.05, 0) is 44.5 Å². The predicted molar refractivity (Wildman–Crippen MR) is 94.0 cm³/mol. The summed E-state index contributed by atoms with van der Waals surface area (Å²) in [7, 11) is -3.44. The molecule has 0 aliphatic carbocycles. The van der Waals surface area contributed by atoms with Crippen molar-refractivity contribution in [3.63, 3.8) is 0 Å². The van der Waals surface area contributed by atoms with E-state index in [-0.39, 0.29) is 11.7 Å². The number of carbonyl (C=O) groups is 1. The van der Waals surface area contributed by atoms with Crippen molar-refractivity contribution in [2.45, 2.75) is 38.2 Å². The van der Waals surface area contributed by atoms with E-state index in [1.807, 2.05) is 25.1 Å². The molecule has 0 saturated carbocycles. The maximum Gasteiger partial charge on any atom is 0.316 e. The fraction of sp³-hybridized carbons (Fsp3) is 0.562. The molecule has 0 unspecified atom stereocenters. The van der Waals surface area contributed by atoms with E-state index < -0.39 is 16.2 Å². The fourth-order valence-electron chi connectivity index (χ4n) is 1.90. The highest BCUT2D eigenvalue weighted by Gasteiger charge is 2.11. The molecule has 136 valence electrons. The molecule has 0 aromatic heterocycles. The quantitative estimate of drug-likeness (QED) is 0.353. The van der Waals surface area contributed by atoms with Crippen LogP contribution in [0.2, 0.25) is 0 Å². The highest BCUT2D eigenvalue weighted by molar-refractivity contribution is 8.00. The van der Waals surface area contributed by atoms with Crippen molar-refractivity contribution in [1.82, 2.24) is 0 Å². The third kappa shape index (κ3) is 8.56. The highest BCUT2D eigenvalue weighted by atomic mass is 32.2. The van der Waals surface area contributed by atoms with Gasteiger partial charge in [0.25, 0.3) is 10.1 Å². The van der Waals surface area contributed by atoms with Crippen LogP contribution in [0.25, 0.3) is 0 Å². The molecule has 0 aliphatic rings. The van der Waals surface area contributed by atoms with Gasteiger partial charge >= 0.3 is 5.97 Å². The minimum Gasteiger partial charge on any atom is -0.493 e. The maximum atomic E-state index is 11.4. The molecule has 0 amide bonds. The van der Waals surface area contributed by atoms with Crippen LogP contribution in [0.4, 0.5) is 0 Å². The molecule has 1 aromatic rings. The Morgan fingerprint density at radius 3 is 2.62 bits per heavy atom. The molecule has 24 heavy (non-hydrogen) atoms. The number of esters is 1. The van der Waals surface area contributed by atoms with Crippen LogP contribution in [0.15, 0.2) is 23.1 Å². The fourth-order valence-corrected chi connectivity index (χ4v) is 3.40. The van der Waals surface area contributed by atoms with Gasteiger partial charge in [0.15, 0.2) is 0 Å². The number of rotatable bonds is 10. The Labute approximate surface area is 148 Å². The van der Waals surface area contributed by atoms with E-state index in [0.29, 0.717) is 25.4 Å². The SMILES string of the molecule is CCOC(=O)CSc1ccc(OCC[C@@H](C)OS(C)(=O)=O)cc1C. The monoisotopic (exact) mass is 376 g/mol. The summed E-state index contributed by atoms with van der Waals surface area (Å²) >= 11 is 1.42. The van der Waals surface area contributed by atoms with Gasteiger partial charge in [-0.15, -0.1) is 11.8 Å². The molecule has 1 aromatic carbocycles. The van der Waals surface area contributed by atoms with Crippen LogP contribution >= 0.6 is 11.8 Å². The highest BCUT2D eigenvalue weighted by Crippen LogP contribution is 2.26. The van der Waals surface area contributed by atoms with Crippen molar-refractivity contribution in [3.8, 4) is 5.75 Å². The molecule has 0 radical (unpaired) electrons. The second-order valence-corrected chi connectivity index (χ2v) is 7.89. The zero-order valence-electron chi connectivity index (χ0n) is 14.4. The Bertz CT molecular complexity index is 642. The first-order valence-electron chi connectivity index (χ1n) is 7.61. The first-order chi connectivity index (χ1) is 11.2. The number of ether oxygens (including phenoxy) is 2. The van der Waals surface area contributed by atoms with Gasteiger partial charge in [-0.3, -0.25) is 8.98 Å². The molecular weight excluding hydrogens is 352 g/mol. The number of benzene rings is 1. The average Bonchev–Trinajstić information content (AvgIpc) is 2.44. The lowest BCUT2D eigenvalue weighted by atomic mass is 10.2. The Morgan fingerprint density at radius 1 is 1.33 bits per heavy atom. The lowest BCUT2D eigenvalue weighted by Crippen LogP contribution is -2.16. The summed E-state index contributed by atoms with van der Waals surface area (Å²) < 4.78 is 37.4. The van der Waals surface area contributed by atoms with E-state index in [1.165, 1.54) is 11.8 Å². The van der Waals surface area contributed by atoms with Crippen LogP contribution < -0.4 is 4.74 Å². The van der Waals surface area contributed by atoms with E-state index in [0.717, 1.165) is 16.7 Å². The first kappa shape index (κ1) is 20.8. The van der Waals surface area contributed by atoms with Crippen LogP contribution in [0, 0.1) is 6.92 Å². The molecule has 0 bridgehead atoms. The molecule has 1 rings (SSSR count). The van der Waals surface area contributed by atoms with Crippen LogP contribution in [0.5, 0.6) is 5.75 Å². The third-order valence-corrected chi connectivity index (χ3v) is 4.76. The maximum absolute atomic E-state index is 11.4. The smallest absolute Gasteiger partial charge is 0.316 e. The molecule has 0 spiro atoms. The second-order valence-electron chi connectivity index (χ2n) is 5.27. The molecule has 0 aliphatic heterocycles. The van der Waals surface area contributed by atoms with Crippen molar-refractivity contribution < 1.29 is 26.9 Å². The Morgan fingerprint density at radius 2 is 2.04 bits per heavy atom. The van der Waals surface area contributed by atoms with E-state index >= 15 is 0 Å². The van der Waals surface area contributed by atoms with Gasteiger partial charge < -0.3 is 9.47 Å². The number of carbonyl (C=O) groups excluding carboxylic acids is 1. The Kier molecular flexibility index (Phi) is 8.58. The lowest BCUT2D eigenvalue weighted by Gasteiger charge is -2.13. The first-order valence-corrected chi connectivity index (χ1v) is 10.4. The summed E-state index contributed by atoms with van der Waals surface area (Å²) in [5.74, 6) is 0.733. The molecule has 6 nitrogen and oxygen atoms in total. The van der Waals surface area contributed by atoms with E-state index in [9.17, 15) is 13.2 Å². The summed E-state index contributed by atoms with van der Waals surface area (Å²) in [4.78, 5) is 12.4. The zero-order chi connectivity index (χ0) is 18.2. The van der Waals surface area contributed by atoms with Crippen LogP contribution in [-0.2, 0) is 23.8 Å². The summed E-state index contributed by atoms with van der Waals surface area (Å²) in [6, 6.07) is 5.60. The van der Waals surface area contributed by atoms with Crippen molar-refractivity contribution in [3.05, 3.63) is 23.8 Å². The molecule has 0 N–H and O–H groups in total. The van der Waals surface area contributed by atoms with E-state index in [1.54, 1.807) is 13.8 Å². The molecule has 8 heteroatoms. The molecule has 0 saturated heterocycles. The van der Waals surface area contributed by atoms with Gasteiger partial charge in [0.2, 0.25) is 0 Å². The van der Waals surface area contributed by atoms with E-state index in [4.69, 9.17) is 13.7 Å². The number of thioether (sulfide) groups is 1. The van der Waals surface area contributed by atoms with Crippen LogP contribution in [0.1, 0.15) is 25.8 Å². The van der Waals surface area contributed by atoms with Gasteiger partial charge in [0.05, 0.1) is 31.3 Å². The molecular formula is C16H24O6S2. The minimum absolute atomic E-state index is 0.234. The molecule has 0 heterocycles. The van der Waals surface area contributed by atoms with Gasteiger partial charge in [0.1, 0.15) is 5.75 Å². The van der Waals surface area contributed by atoms with Crippen molar-refractivity contribution in [1.29, 1.82) is 0 Å². The third-order valence-electron chi connectivity index (χ3n) is 2.93. The molecule has 0 fully saturated rings. The Hall–Kier alpha value is -1.25.